The highest BCUT2D eigenvalue weighted by atomic mass is 35.5. The van der Waals surface area contributed by atoms with Crippen LogP contribution in [0.3, 0.4) is 0 Å². The predicted octanol–water partition coefficient (Wildman–Crippen LogP) is 2.66. The van der Waals surface area contributed by atoms with E-state index in [9.17, 15) is 5.26 Å². The van der Waals surface area contributed by atoms with E-state index < -0.39 is 0 Å². The minimum absolute atomic E-state index is 0.380. The topological polar surface area (TPSA) is 60.0 Å². The zero-order valence-electron chi connectivity index (χ0n) is 10.9. The Hall–Kier alpha value is -1.75. The Bertz CT molecular complexity index is 490. The maximum absolute atomic E-state index is 9.22. The van der Waals surface area contributed by atoms with Crippen molar-refractivity contribution in [1.82, 2.24) is 0 Å². The van der Waals surface area contributed by atoms with Crippen molar-refractivity contribution < 1.29 is 4.74 Å². The van der Waals surface area contributed by atoms with Crippen LogP contribution < -0.4 is 4.90 Å². The minimum atomic E-state index is 0.380. The van der Waals surface area contributed by atoms with E-state index in [-0.39, 0.29) is 0 Å². The second kappa shape index (κ2) is 8.37. The van der Waals surface area contributed by atoms with Crippen LogP contribution in [0.4, 0.5) is 5.69 Å². The van der Waals surface area contributed by atoms with Crippen LogP contribution in [0, 0.1) is 22.7 Å². The largest absolute Gasteiger partial charge is 0.383 e. The van der Waals surface area contributed by atoms with Gasteiger partial charge in [0.2, 0.25) is 0 Å². The number of ether oxygens (including phenoxy) is 1. The Morgan fingerprint density at radius 2 is 2.11 bits per heavy atom. The first-order chi connectivity index (χ1) is 9.26. The third-order valence-electron chi connectivity index (χ3n) is 2.74. The van der Waals surface area contributed by atoms with Crippen LogP contribution in [-0.2, 0) is 10.6 Å². The molecule has 0 bridgehead atoms. The van der Waals surface area contributed by atoms with Crippen LogP contribution in [-0.4, -0.2) is 26.8 Å². The molecule has 0 aromatic heterocycles. The molecular weight excluding hydrogens is 262 g/mol. The Balaban J connectivity index is 3.00. The molecule has 0 radical (unpaired) electrons. The molecule has 0 amide bonds. The number of nitriles is 2. The first-order valence-electron chi connectivity index (χ1n) is 5.96. The number of hydrogen-bond donors (Lipinski definition) is 0. The van der Waals surface area contributed by atoms with Crippen molar-refractivity contribution in [2.24, 2.45) is 0 Å². The first kappa shape index (κ1) is 15.3. The van der Waals surface area contributed by atoms with E-state index in [0.717, 1.165) is 11.3 Å². The predicted molar refractivity (Wildman–Crippen MR) is 75.0 cm³/mol. The van der Waals surface area contributed by atoms with Gasteiger partial charge in [-0.15, -0.1) is 11.6 Å². The normalized spacial score (nSPS) is 9.68. The van der Waals surface area contributed by atoms with E-state index in [1.54, 1.807) is 13.2 Å². The van der Waals surface area contributed by atoms with Gasteiger partial charge in [0.05, 0.1) is 30.3 Å². The van der Waals surface area contributed by atoms with Crippen molar-refractivity contribution >= 4 is 17.3 Å². The van der Waals surface area contributed by atoms with Crippen molar-refractivity contribution in [3.05, 3.63) is 29.3 Å². The number of alkyl halides is 1. The molecule has 0 aliphatic heterocycles. The molecule has 0 spiro atoms. The van der Waals surface area contributed by atoms with Crippen molar-refractivity contribution in [1.29, 1.82) is 10.5 Å². The molecule has 0 N–H and O–H groups in total. The Morgan fingerprint density at radius 3 is 2.68 bits per heavy atom. The Kier molecular flexibility index (Phi) is 6.74. The quantitative estimate of drug-likeness (QED) is 0.719. The van der Waals surface area contributed by atoms with Gasteiger partial charge in [-0.05, 0) is 17.7 Å². The van der Waals surface area contributed by atoms with Crippen LogP contribution >= 0.6 is 11.6 Å². The Morgan fingerprint density at radius 1 is 1.32 bits per heavy atom. The number of benzene rings is 1. The molecule has 0 saturated carbocycles. The summed E-state index contributed by atoms with van der Waals surface area (Å²) in [5, 5.41) is 17.9. The fraction of sp³-hybridized carbons (Fsp3) is 0.429. The van der Waals surface area contributed by atoms with Gasteiger partial charge in [-0.1, -0.05) is 6.07 Å². The summed E-state index contributed by atoms with van der Waals surface area (Å²) in [7, 11) is 1.63. The summed E-state index contributed by atoms with van der Waals surface area (Å²) in [4.78, 5) is 1.99. The van der Waals surface area contributed by atoms with Crippen molar-refractivity contribution in [3.63, 3.8) is 0 Å². The maximum Gasteiger partial charge on any atom is 0.101 e. The standard InChI is InChI=1S/C14H16ClN3O/c1-19-8-7-18(6-2-5-16)14-4-3-12(10-15)9-13(14)11-17/h3-4,9H,2,6-8,10H2,1H3. The van der Waals surface area contributed by atoms with Gasteiger partial charge >= 0.3 is 0 Å². The fourth-order valence-corrected chi connectivity index (χ4v) is 1.94. The summed E-state index contributed by atoms with van der Waals surface area (Å²) in [6.45, 7) is 1.77. The molecular formula is C14H16ClN3O. The summed E-state index contributed by atoms with van der Waals surface area (Å²) >= 11 is 5.77. The summed E-state index contributed by atoms with van der Waals surface area (Å²) in [6.07, 6.45) is 0.409. The summed E-state index contributed by atoms with van der Waals surface area (Å²) in [5.74, 6) is 0.380. The van der Waals surface area contributed by atoms with Crippen molar-refractivity contribution in [2.45, 2.75) is 12.3 Å². The zero-order chi connectivity index (χ0) is 14.1. The molecule has 4 nitrogen and oxygen atoms in total. The van der Waals surface area contributed by atoms with Gasteiger partial charge < -0.3 is 9.64 Å². The Labute approximate surface area is 118 Å². The van der Waals surface area contributed by atoms with Gasteiger partial charge in [0.1, 0.15) is 6.07 Å². The molecule has 0 fully saturated rings. The van der Waals surface area contributed by atoms with Crippen LogP contribution in [0.5, 0.6) is 0 Å². The van der Waals surface area contributed by atoms with Gasteiger partial charge in [-0.2, -0.15) is 10.5 Å². The number of methoxy groups -OCH3 is 1. The van der Waals surface area contributed by atoms with E-state index in [2.05, 4.69) is 12.1 Å². The molecule has 0 atom stereocenters. The van der Waals surface area contributed by atoms with E-state index >= 15 is 0 Å². The third kappa shape index (κ3) is 4.44. The monoisotopic (exact) mass is 277 g/mol. The smallest absolute Gasteiger partial charge is 0.101 e. The molecule has 1 rings (SSSR count). The third-order valence-corrected chi connectivity index (χ3v) is 3.04. The number of rotatable bonds is 7. The highest BCUT2D eigenvalue weighted by Crippen LogP contribution is 2.22. The molecule has 0 unspecified atom stereocenters. The second-order valence-electron chi connectivity index (χ2n) is 3.98. The van der Waals surface area contributed by atoms with Gasteiger partial charge in [-0.25, -0.2) is 0 Å². The van der Waals surface area contributed by atoms with E-state index in [1.807, 2.05) is 17.0 Å². The lowest BCUT2D eigenvalue weighted by molar-refractivity contribution is 0.205. The van der Waals surface area contributed by atoms with E-state index in [0.29, 0.717) is 37.6 Å². The fourth-order valence-electron chi connectivity index (χ4n) is 1.77. The van der Waals surface area contributed by atoms with E-state index in [4.69, 9.17) is 21.6 Å². The average Bonchev–Trinajstić information content (AvgIpc) is 2.47. The van der Waals surface area contributed by atoms with Crippen molar-refractivity contribution in [2.75, 3.05) is 31.7 Å². The minimum Gasteiger partial charge on any atom is -0.383 e. The lowest BCUT2D eigenvalue weighted by Gasteiger charge is -2.24. The maximum atomic E-state index is 9.22. The first-order valence-corrected chi connectivity index (χ1v) is 6.50. The summed E-state index contributed by atoms with van der Waals surface area (Å²) in [6, 6.07) is 9.86. The summed E-state index contributed by atoms with van der Waals surface area (Å²) < 4.78 is 5.06. The molecule has 5 heteroatoms. The van der Waals surface area contributed by atoms with Gasteiger partial charge in [0.25, 0.3) is 0 Å². The molecule has 0 aliphatic rings. The SMILES string of the molecule is COCCN(CCC#N)c1ccc(CCl)cc1C#N. The summed E-state index contributed by atoms with van der Waals surface area (Å²) in [5.41, 5.74) is 2.31. The highest BCUT2D eigenvalue weighted by Gasteiger charge is 2.11. The van der Waals surface area contributed by atoms with Crippen molar-refractivity contribution in [3.8, 4) is 12.1 Å². The van der Waals surface area contributed by atoms with Gasteiger partial charge in [0.15, 0.2) is 0 Å². The molecule has 19 heavy (non-hydrogen) atoms. The van der Waals surface area contributed by atoms with E-state index in [1.165, 1.54) is 0 Å². The molecule has 100 valence electrons. The molecule has 0 heterocycles. The van der Waals surface area contributed by atoms with Crippen LogP contribution in [0.2, 0.25) is 0 Å². The number of anilines is 1. The molecule has 1 aromatic rings. The lowest BCUT2D eigenvalue weighted by atomic mass is 10.1. The van der Waals surface area contributed by atoms with Gasteiger partial charge in [-0.3, -0.25) is 0 Å². The molecule has 0 aliphatic carbocycles. The lowest BCUT2D eigenvalue weighted by Crippen LogP contribution is -2.28. The van der Waals surface area contributed by atoms with Gasteiger partial charge in [0, 0.05) is 26.1 Å². The number of nitrogens with zero attached hydrogens (tertiary/aromatic N) is 3. The highest BCUT2D eigenvalue weighted by molar-refractivity contribution is 6.17. The number of hydrogen-bond acceptors (Lipinski definition) is 4. The van der Waals surface area contributed by atoms with Crippen LogP contribution in [0.25, 0.3) is 0 Å². The van der Waals surface area contributed by atoms with Crippen LogP contribution in [0.1, 0.15) is 17.5 Å². The number of halogens is 1. The van der Waals surface area contributed by atoms with Crippen LogP contribution in [0.15, 0.2) is 18.2 Å². The average molecular weight is 278 g/mol. The molecule has 0 saturated heterocycles. The zero-order valence-corrected chi connectivity index (χ0v) is 11.7. The molecule has 1 aromatic carbocycles. The second-order valence-corrected chi connectivity index (χ2v) is 4.25.